The van der Waals surface area contributed by atoms with Gasteiger partial charge in [0.25, 0.3) is 0 Å². The van der Waals surface area contributed by atoms with Gasteiger partial charge in [-0.3, -0.25) is 10.2 Å². The molecule has 118 valence electrons. The fourth-order valence-electron chi connectivity index (χ4n) is 2.37. The zero-order valence-corrected chi connectivity index (χ0v) is 13.3. The fourth-order valence-corrected chi connectivity index (χ4v) is 2.37. The van der Waals surface area contributed by atoms with Gasteiger partial charge in [-0.15, -0.1) is 0 Å². The number of carbonyl (C=O) groups is 1. The van der Waals surface area contributed by atoms with Gasteiger partial charge in [-0.25, -0.2) is 5.01 Å². The number of aryl methyl sites for hydroxylation is 1. The molecule has 0 radical (unpaired) electrons. The summed E-state index contributed by atoms with van der Waals surface area (Å²) in [6.45, 7) is 5.68. The first-order valence-electron chi connectivity index (χ1n) is 7.50. The molecule has 0 fully saturated rings. The highest BCUT2D eigenvalue weighted by Crippen LogP contribution is 2.24. The summed E-state index contributed by atoms with van der Waals surface area (Å²) in [4.78, 5) is 9.78. The maximum atomic E-state index is 9.78. The molecule has 0 aromatic heterocycles. The molecule has 0 bridgehead atoms. The second-order valence-corrected chi connectivity index (χ2v) is 5.06. The Morgan fingerprint density at radius 1 is 1.38 bits per heavy atom. The number of nitrogens with two attached hydrogens (primary N) is 1. The second kappa shape index (κ2) is 9.37. The maximum absolute atomic E-state index is 9.78. The molecule has 0 saturated carbocycles. The Bertz CT molecular complexity index is 434. The molecule has 1 aromatic rings. The quantitative estimate of drug-likeness (QED) is 0.638. The lowest BCUT2D eigenvalue weighted by Crippen LogP contribution is -2.36. The van der Waals surface area contributed by atoms with Crippen LogP contribution in [0, 0.1) is 0 Å². The van der Waals surface area contributed by atoms with Crippen molar-refractivity contribution in [3.05, 3.63) is 29.3 Å². The van der Waals surface area contributed by atoms with Crippen molar-refractivity contribution in [2.24, 2.45) is 5.73 Å². The van der Waals surface area contributed by atoms with Crippen LogP contribution in [0.25, 0.3) is 0 Å². The van der Waals surface area contributed by atoms with E-state index in [4.69, 9.17) is 10.5 Å². The number of hydrazine groups is 1. The molecular formula is C16H27N3O2. The monoisotopic (exact) mass is 293 g/mol. The highest BCUT2D eigenvalue weighted by atomic mass is 16.5. The third-order valence-electron chi connectivity index (χ3n) is 3.68. The molecule has 1 aliphatic carbocycles. The summed E-state index contributed by atoms with van der Waals surface area (Å²) >= 11 is 0. The zero-order valence-electron chi connectivity index (χ0n) is 13.3. The van der Waals surface area contributed by atoms with E-state index in [-0.39, 0.29) is 0 Å². The number of hydrogen-bond acceptors (Lipinski definition) is 4. The maximum Gasteiger partial charge on any atom is 0.221 e. The van der Waals surface area contributed by atoms with Crippen molar-refractivity contribution in [3.63, 3.8) is 0 Å². The van der Waals surface area contributed by atoms with Crippen molar-refractivity contribution in [1.82, 2.24) is 10.4 Å². The molecule has 1 unspecified atom stereocenters. The van der Waals surface area contributed by atoms with Crippen molar-refractivity contribution in [1.29, 1.82) is 0 Å². The van der Waals surface area contributed by atoms with Crippen LogP contribution in [0.15, 0.2) is 18.2 Å². The average Bonchev–Trinajstić information content (AvgIpc) is 2.52. The van der Waals surface area contributed by atoms with Crippen LogP contribution in [0.5, 0.6) is 5.75 Å². The van der Waals surface area contributed by atoms with Crippen LogP contribution < -0.4 is 15.9 Å². The zero-order chi connectivity index (χ0) is 15.7. The Labute approximate surface area is 127 Å². The molecule has 1 aliphatic rings. The van der Waals surface area contributed by atoms with Gasteiger partial charge in [0.2, 0.25) is 6.41 Å². The minimum atomic E-state index is 0.333. The molecule has 0 aliphatic heterocycles. The van der Waals surface area contributed by atoms with E-state index < -0.39 is 0 Å². The molecule has 0 saturated heterocycles. The first kappa shape index (κ1) is 17.5. The molecule has 1 amide bonds. The van der Waals surface area contributed by atoms with Gasteiger partial charge in [0.15, 0.2) is 0 Å². The summed E-state index contributed by atoms with van der Waals surface area (Å²) in [7, 11) is 1.70. The lowest BCUT2D eigenvalue weighted by Gasteiger charge is -2.21. The SMILES string of the molecule is CCN(CC)NC=O.COc1ccc2c(c1)CC(N)CC2. The average molecular weight is 293 g/mol. The molecule has 1 aromatic carbocycles. The lowest BCUT2D eigenvalue weighted by atomic mass is 9.89. The number of ether oxygens (including phenoxy) is 1. The smallest absolute Gasteiger partial charge is 0.221 e. The summed E-state index contributed by atoms with van der Waals surface area (Å²) in [6.07, 6.45) is 3.90. The third kappa shape index (κ3) is 5.73. The minimum Gasteiger partial charge on any atom is -0.497 e. The van der Waals surface area contributed by atoms with Crippen LogP contribution in [-0.2, 0) is 17.6 Å². The molecule has 0 spiro atoms. The molecule has 5 heteroatoms. The van der Waals surface area contributed by atoms with Crippen molar-refractivity contribution >= 4 is 6.41 Å². The number of rotatable bonds is 5. The van der Waals surface area contributed by atoms with Crippen LogP contribution >= 0.6 is 0 Å². The number of carbonyl (C=O) groups excluding carboxylic acids is 1. The van der Waals surface area contributed by atoms with E-state index in [1.165, 1.54) is 11.1 Å². The van der Waals surface area contributed by atoms with Crippen molar-refractivity contribution in [3.8, 4) is 5.75 Å². The van der Waals surface area contributed by atoms with Gasteiger partial charge in [0, 0.05) is 19.1 Å². The first-order chi connectivity index (χ1) is 10.1. The summed E-state index contributed by atoms with van der Waals surface area (Å²) < 4.78 is 5.17. The Morgan fingerprint density at radius 2 is 2.10 bits per heavy atom. The normalized spacial score (nSPS) is 16.5. The van der Waals surface area contributed by atoms with Gasteiger partial charge in [-0.2, -0.15) is 0 Å². The van der Waals surface area contributed by atoms with Crippen molar-refractivity contribution < 1.29 is 9.53 Å². The van der Waals surface area contributed by atoms with Crippen LogP contribution in [0.2, 0.25) is 0 Å². The van der Waals surface area contributed by atoms with E-state index >= 15 is 0 Å². The molecule has 0 heterocycles. The molecule has 5 nitrogen and oxygen atoms in total. The van der Waals surface area contributed by atoms with Crippen molar-refractivity contribution in [2.75, 3.05) is 20.2 Å². The highest BCUT2D eigenvalue weighted by molar-refractivity contribution is 5.44. The molecular weight excluding hydrogens is 266 g/mol. The van der Waals surface area contributed by atoms with Crippen LogP contribution in [0.1, 0.15) is 31.4 Å². The third-order valence-corrected chi connectivity index (χ3v) is 3.68. The predicted molar refractivity (Wildman–Crippen MR) is 85.1 cm³/mol. The summed E-state index contributed by atoms with van der Waals surface area (Å²) in [6, 6.07) is 6.61. The minimum absolute atomic E-state index is 0.333. The standard InChI is InChI=1S/C11H15NO.C5H12N2O/c1-13-11-5-3-8-2-4-10(12)6-9(8)7-11;1-3-7(4-2)6-5-8/h3,5,7,10H,2,4,6,12H2,1H3;5H,3-4H2,1-2H3,(H,6,8). The Hall–Kier alpha value is -1.59. The van der Waals surface area contributed by atoms with Crippen molar-refractivity contribution in [2.45, 2.75) is 39.2 Å². The van der Waals surface area contributed by atoms with E-state index in [1.54, 1.807) is 7.11 Å². The summed E-state index contributed by atoms with van der Waals surface area (Å²) in [5.74, 6) is 0.938. The first-order valence-corrected chi connectivity index (χ1v) is 7.50. The number of hydrogen-bond donors (Lipinski definition) is 2. The predicted octanol–water partition coefficient (Wildman–Crippen LogP) is 1.50. The highest BCUT2D eigenvalue weighted by Gasteiger charge is 2.15. The molecule has 21 heavy (non-hydrogen) atoms. The number of nitrogens with one attached hydrogen (secondary N) is 1. The fraction of sp³-hybridized carbons (Fsp3) is 0.562. The number of methoxy groups -OCH3 is 1. The van der Waals surface area contributed by atoms with E-state index in [0.29, 0.717) is 12.5 Å². The van der Waals surface area contributed by atoms with Gasteiger partial charge in [-0.1, -0.05) is 19.9 Å². The van der Waals surface area contributed by atoms with Crippen LogP contribution in [0.4, 0.5) is 0 Å². The Morgan fingerprint density at radius 3 is 2.62 bits per heavy atom. The van der Waals surface area contributed by atoms with Crippen LogP contribution in [0.3, 0.4) is 0 Å². The Balaban J connectivity index is 0.000000240. The second-order valence-electron chi connectivity index (χ2n) is 5.06. The number of amides is 1. The summed E-state index contributed by atoms with van der Waals surface area (Å²) in [5, 5.41) is 1.81. The van der Waals surface area contributed by atoms with Gasteiger partial charge in [-0.05, 0) is 42.5 Å². The van der Waals surface area contributed by atoms with E-state index in [9.17, 15) is 4.79 Å². The van der Waals surface area contributed by atoms with E-state index in [0.717, 1.165) is 38.1 Å². The topological polar surface area (TPSA) is 67.6 Å². The molecule has 3 N–H and O–H groups in total. The Kier molecular flexibility index (Phi) is 7.79. The van der Waals surface area contributed by atoms with E-state index in [1.807, 2.05) is 24.9 Å². The summed E-state index contributed by atoms with van der Waals surface area (Å²) in [5.41, 5.74) is 11.2. The number of nitrogens with zero attached hydrogens (tertiary/aromatic N) is 1. The molecule has 2 rings (SSSR count). The van der Waals surface area contributed by atoms with Gasteiger partial charge >= 0.3 is 0 Å². The van der Waals surface area contributed by atoms with Gasteiger partial charge in [0.05, 0.1) is 7.11 Å². The lowest BCUT2D eigenvalue weighted by molar-refractivity contribution is -0.113. The number of fused-ring (bicyclic) bond motifs is 1. The number of benzene rings is 1. The van der Waals surface area contributed by atoms with Gasteiger partial charge < -0.3 is 10.5 Å². The van der Waals surface area contributed by atoms with Gasteiger partial charge in [0.1, 0.15) is 5.75 Å². The largest absolute Gasteiger partial charge is 0.497 e. The molecule has 1 atom stereocenters. The van der Waals surface area contributed by atoms with Crippen LogP contribution in [-0.4, -0.2) is 37.7 Å². The van der Waals surface area contributed by atoms with E-state index in [2.05, 4.69) is 17.6 Å².